The minimum Gasteiger partial charge on any atom is -0.481 e. The summed E-state index contributed by atoms with van der Waals surface area (Å²) in [7, 11) is 0. The van der Waals surface area contributed by atoms with Gasteiger partial charge in [-0.1, -0.05) is 91.8 Å². The highest BCUT2D eigenvalue weighted by molar-refractivity contribution is 5.67. The summed E-state index contributed by atoms with van der Waals surface area (Å²) in [6.45, 7) is -3.15. The Bertz CT molecular complexity index is 661. The average molecular weight is 381 g/mol. The second-order valence-corrected chi connectivity index (χ2v) is 7.56. The van der Waals surface area contributed by atoms with Gasteiger partial charge in [0.2, 0.25) is 0 Å². The normalized spacial score (nSPS) is 23.8. The highest BCUT2D eigenvalue weighted by atomic mass is 16.4. The summed E-state index contributed by atoms with van der Waals surface area (Å²) in [6, 6.07) is 0. The van der Waals surface area contributed by atoms with Crippen molar-refractivity contribution in [3.8, 4) is 0 Å². The molecule has 0 rings (SSSR count). The van der Waals surface area contributed by atoms with E-state index in [0.717, 1.165) is 38.5 Å². The molecule has 4 nitrogen and oxygen atoms in total. The van der Waals surface area contributed by atoms with Crippen molar-refractivity contribution in [2.24, 2.45) is 10.8 Å². The van der Waals surface area contributed by atoms with E-state index in [0.29, 0.717) is 25.7 Å². The van der Waals surface area contributed by atoms with Gasteiger partial charge in [-0.3, -0.25) is 9.59 Å². The lowest BCUT2D eigenvalue weighted by molar-refractivity contribution is -0.140. The molecule has 0 amide bonds. The van der Waals surface area contributed by atoms with Crippen molar-refractivity contribution in [1.82, 2.24) is 0 Å². The molecule has 0 radical (unpaired) electrons. The highest BCUT2D eigenvalue weighted by Crippen LogP contribution is 2.29. The van der Waals surface area contributed by atoms with Crippen LogP contribution in [0.15, 0.2) is 0 Å². The number of hydrogen-bond acceptors (Lipinski definition) is 2. The van der Waals surface area contributed by atoms with Gasteiger partial charge in [0.1, 0.15) is 0 Å². The number of carbonyl (C=O) groups is 2. The summed E-state index contributed by atoms with van der Waals surface area (Å²) < 4.78 is 77.0. The summed E-state index contributed by atoms with van der Waals surface area (Å²) in [5.74, 6) is -3.55. The Morgan fingerprint density at radius 3 is 1.19 bits per heavy atom. The van der Waals surface area contributed by atoms with Crippen LogP contribution >= 0.6 is 0 Å². The van der Waals surface area contributed by atoms with Crippen molar-refractivity contribution in [3.05, 3.63) is 0 Å². The molecule has 154 valence electrons. The van der Waals surface area contributed by atoms with Gasteiger partial charge in [-0.25, -0.2) is 0 Å². The Morgan fingerprint density at radius 1 is 0.692 bits per heavy atom. The fourth-order valence-electron chi connectivity index (χ4n) is 2.97. The highest BCUT2D eigenvalue weighted by Gasteiger charge is 2.21. The average Bonchev–Trinajstić information content (AvgIpc) is 2.71. The second kappa shape index (κ2) is 13.2. The first-order chi connectivity index (χ1) is 16.1. The van der Waals surface area contributed by atoms with Crippen LogP contribution in [0.2, 0.25) is 0 Å². The molecule has 2 atom stereocenters. The van der Waals surface area contributed by atoms with Crippen molar-refractivity contribution in [2.75, 3.05) is 0 Å². The minimum absolute atomic E-state index is 0.0578. The van der Waals surface area contributed by atoms with Crippen LogP contribution in [0.5, 0.6) is 0 Å². The van der Waals surface area contributed by atoms with Crippen molar-refractivity contribution in [1.29, 1.82) is 0 Å². The molecule has 0 fully saturated rings. The van der Waals surface area contributed by atoms with E-state index in [4.69, 9.17) is 23.9 Å². The quantitative estimate of drug-likeness (QED) is 0.276. The molecule has 0 aliphatic heterocycles. The molecule has 0 bridgehead atoms. The predicted molar refractivity (Wildman–Crippen MR) is 107 cm³/mol. The molecule has 0 aliphatic carbocycles. The summed E-state index contributed by atoms with van der Waals surface area (Å²) in [5, 5.41) is 18.3. The molecule has 4 heteroatoms. The molecule has 0 aromatic rings. The first-order valence-electron chi connectivity index (χ1n) is 14.6. The summed E-state index contributed by atoms with van der Waals surface area (Å²) in [6.07, 6.45) is 1.59. The van der Waals surface area contributed by atoms with E-state index in [1.165, 1.54) is 13.8 Å². The third-order valence-corrected chi connectivity index (χ3v) is 4.37. The first kappa shape index (κ1) is 12.4. The molecular weight excluding hydrogens is 328 g/mol. The standard InChI is InChI=1S/C22H42O4/c1-21(2,17-19(23)24)15-13-11-9-7-5-6-8-10-12-14-16-22(3,4)18-20(25)26/h5-18H2,1-4H3,(H,23,24)(H,25,26)/i1D3,3D3,17D2,18D2. The van der Waals surface area contributed by atoms with Crippen molar-refractivity contribution >= 4 is 11.9 Å². The molecule has 0 aromatic carbocycles. The van der Waals surface area contributed by atoms with Crippen LogP contribution in [0.3, 0.4) is 0 Å². The number of rotatable bonds is 17. The molecule has 0 saturated heterocycles. The van der Waals surface area contributed by atoms with Gasteiger partial charge < -0.3 is 10.2 Å². The van der Waals surface area contributed by atoms with Gasteiger partial charge in [-0.15, -0.1) is 0 Å². The zero-order valence-electron chi connectivity index (χ0n) is 26.2. The zero-order valence-corrected chi connectivity index (χ0v) is 16.2. The molecular formula is C22H42O4. The van der Waals surface area contributed by atoms with Crippen LogP contribution < -0.4 is 0 Å². The molecule has 26 heavy (non-hydrogen) atoms. The van der Waals surface area contributed by atoms with E-state index in [-0.39, 0.29) is 12.8 Å². The molecule has 2 unspecified atom stereocenters. The number of aliphatic carboxylic acids is 2. The lowest BCUT2D eigenvalue weighted by Gasteiger charge is -2.22. The van der Waals surface area contributed by atoms with Crippen molar-refractivity contribution in [2.45, 2.75) is 117 Å². The zero-order chi connectivity index (χ0) is 28.6. The Kier molecular flexibility index (Phi) is 6.28. The largest absolute Gasteiger partial charge is 0.481 e. The Balaban J connectivity index is 4.31. The van der Waals surface area contributed by atoms with Gasteiger partial charge in [0.05, 0.1) is 12.7 Å². The lowest BCUT2D eigenvalue weighted by Crippen LogP contribution is -2.16. The van der Waals surface area contributed by atoms with Gasteiger partial charge in [-0.2, -0.15) is 0 Å². The van der Waals surface area contributed by atoms with E-state index in [1.807, 2.05) is 0 Å². The van der Waals surface area contributed by atoms with Crippen molar-refractivity contribution in [3.63, 3.8) is 0 Å². The van der Waals surface area contributed by atoms with Gasteiger partial charge in [0.15, 0.2) is 0 Å². The lowest BCUT2D eigenvalue weighted by atomic mass is 9.83. The van der Waals surface area contributed by atoms with Crippen molar-refractivity contribution < 1.29 is 33.5 Å². The molecule has 0 aliphatic rings. The molecule has 0 aromatic heterocycles. The maximum Gasteiger partial charge on any atom is 0.303 e. The summed E-state index contributed by atoms with van der Waals surface area (Å²) in [5.41, 5.74) is -3.96. The third-order valence-electron chi connectivity index (χ3n) is 4.37. The van der Waals surface area contributed by atoms with Crippen LogP contribution in [0, 0.1) is 10.8 Å². The van der Waals surface area contributed by atoms with E-state index in [9.17, 15) is 9.59 Å². The topological polar surface area (TPSA) is 74.6 Å². The fourth-order valence-corrected chi connectivity index (χ4v) is 2.97. The van der Waals surface area contributed by atoms with Gasteiger partial charge in [-0.05, 0) is 23.7 Å². The van der Waals surface area contributed by atoms with Gasteiger partial charge >= 0.3 is 11.9 Å². The van der Waals surface area contributed by atoms with Gasteiger partial charge in [0, 0.05) is 13.7 Å². The van der Waals surface area contributed by atoms with Crippen LogP contribution in [0.4, 0.5) is 0 Å². The van der Waals surface area contributed by atoms with Gasteiger partial charge in [0.25, 0.3) is 0 Å². The second-order valence-electron chi connectivity index (χ2n) is 7.56. The maximum absolute atomic E-state index is 11.3. The van der Waals surface area contributed by atoms with E-state index >= 15 is 0 Å². The van der Waals surface area contributed by atoms with E-state index < -0.39 is 49.2 Å². The van der Waals surface area contributed by atoms with Crippen LogP contribution in [-0.2, 0) is 9.59 Å². The number of unbranched alkanes of at least 4 members (excludes halogenated alkanes) is 9. The first-order valence-corrected chi connectivity index (χ1v) is 9.56. The van der Waals surface area contributed by atoms with E-state index in [1.54, 1.807) is 0 Å². The monoisotopic (exact) mass is 380 g/mol. The molecule has 2 N–H and O–H groups in total. The maximum atomic E-state index is 11.3. The van der Waals surface area contributed by atoms with Crippen LogP contribution in [0.25, 0.3) is 0 Å². The number of carboxylic acids is 2. The number of hydrogen-bond donors (Lipinski definition) is 2. The fraction of sp³-hybridized carbons (Fsp3) is 0.909. The summed E-state index contributed by atoms with van der Waals surface area (Å²) in [4.78, 5) is 22.6. The third kappa shape index (κ3) is 16.4. The minimum atomic E-state index is -2.87. The number of carboxylic acid groups (broad SMARTS) is 2. The predicted octanol–water partition coefficient (Wildman–Crippen LogP) is 6.67. The molecule has 0 heterocycles. The molecule has 0 spiro atoms. The Morgan fingerprint density at radius 2 is 0.962 bits per heavy atom. The molecule has 0 saturated carbocycles. The van der Waals surface area contributed by atoms with E-state index in [2.05, 4.69) is 0 Å². The smallest absolute Gasteiger partial charge is 0.303 e. The SMILES string of the molecule is [2H]C([2H])([2H])C(C)(CCCCCCCCCCCCC(C)(C([2H])([2H])[2H])C([2H])([2H])C(=O)O)C([2H])([2H])C(=O)O. The summed E-state index contributed by atoms with van der Waals surface area (Å²) >= 11 is 0. The Labute approximate surface area is 174 Å². The van der Waals surface area contributed by atoms with Crippen LogP contribution in [-0.4, -0.2) is 22.2 Å². The van der Waals surface area contributed by atoms with Crippen LogP contribution in [0.1, 0.15) is 131 Å². The Hall–Kier alpha value is -1.06.